The third kappa shape index (κ3) is 4.96. The lowest BCUT2D eigenvalue weighted by Crippen LogP contribution is -2.37. The van der Waals surface area contributed by atoms with E-state index in [0.29, 0.717) is 49.2 Å². The summed E-state index contributed by atoms with van der Waals surface area (Å²) in [6, 6.07) is 19.6. The molecular weight excluding hydrogens is 563 g/mol. The number of cyclic esters (lactones) is 1. The number of hydrogen-bond donors (Lipinski definition) is 0. The number of rotatable bonds is 5. The molecule has 3 aromatic carbocycles. The monoisotopic (exact) mass is 586 g/mol. The Kier molecular flexibility index (Phi) is 7.06. The fourth-order valence-corrected chi connectivity index (χ4v) is 5.33. The predicted octanol–water partition coefficient (Wildman–Crippen LogP) is 7.61. The predicted molar refractivity (Wildman–Crippen MR) is 150 cm³/mol. The van der Waals surface area contributed by atoms with Gasteiger partial charge in [-0.1, -0.05) is 54.4 Å². The van der Waals surface area contributed by atoms with Crippen molar-refractivity contribution in [3.63, 3.8) is 0 Å². The van der Waals surface area contributed by atoms with E-state index < -0.39 is 17.4 Å². The Morgan fingerprint density at radius 3 is 2.44 bits per heavy atom. The van der Waals surface area contributed by atoms with Gasteiger partial charge in [0.25, 0.3) is 0 Å². The van der Waals surface area contributed by atoms with Gasteiger partial charge in [0.1, 0.15) is 0 Å². The number of halogens is 3. The van der Waals surface area contributed by atoms with Crippen LogP contribution in [-0.2, 0) is 26.3 Å². The molecule has 2 aliphatic heterocycles. The molecule has 0 bridgehead atoms. The fraction of sp³-hybridized carbons (Fsp3) is 0.241. The Balaban J connectivity index is 0.00000308. The van der Waals surface area contributed by atoms with Gasteiger partial charge < -0.3 is 18.9 Å². The molecule has 3 heterocycles. The van der Waals surface area contributed by atoms with Crippen molar-refractivity contribution in [1.29, 1.82) is 0 Å². The molecule has 202 valence electrons. The van der Waals surface area contributed by atoms with E-state index in [1.807, 2.05) is 24.3 Å². The summed E-state index contributed by atoms with van der Waals surface area (Å²) in [6.45, 7) is 3.54. The van der Waals surface area contributed by atoms with Crippen molar-refractivity contribution in [1.82, 2.24) is 9.78 Å². The Morgan fingerprint density at radius 2 is 1.69 bits per heavy atom. The zero-order valence-electron chi connectivity index (χ0n) is 20.3. The zero-order chi connectivity index (χ0) is 26.7. The van der Waals surface area contributed by atoms with E-state index >= 15 is 0 Å². The molecule has 0 N–H and O–H groups in total. The Morgan fingerprint density at radius 1 is 0.923 bits per heavy atom. The van der Waals surface area contributed by atoms with Crippen LogP contribution < -0.4 is 9.47 Å². The summed E-state index contributed by atoms with van der Waals surface area (Å²) in [5, 5.41) is 6.29. The van der Waals surface area contributed by atoms with Crippen molar-refractivity contribution in [2.45, 2.75) is 39.1 Å². The second-order valence-corrected chi connectivity index (χ2v) is 10.8. The van der Waals surface area contributed by atoms with E-state index in [1.54, 1.807) is 61.0 Å². The summed E-state index contributed by atoms with van der Waals surface area (Å²) in [5.41, 5.74) is 1.75. The first-order chi connectivity index (χ1) is 18.1. The second kappa shape index (κ2) is 10.1. The molecule has 6 rings (SSSR count). The van der Waals surface area contributed by atoms with Crippen molar-refractivity contribution in [2.24, 2.45) is 0 Å². The molecule has 39 heavy (non-hydrogen) atoms. The number of aromatic nitrogens is 2. The van der Waals surface area contributed by atoms with E-state index in [9.17, 15) is 4.79 Å². The lowest BCUT2D eigenvalue weighted by Gasteiger charge is -2.26. The minimum absolute atomic E-state index is 0. The lowest BCUT2D eigenvalue weighted by molar-refractivity contribution is -0.167. The van der Waals surface area contributed by atoms with Gasteiger partial charge in [0.2, 0.25) is 12.6 Å². The van der Waals surface area contributed by atoms with Gasteiger partial charge in [0, 0.05) is 35.9 Å². The first kappa shape index (κ1) is 27.3. The lowest BCUT2D eigenvalue weighted by atomic mass is 9.89. The van der Waals surface area contributed by atoms with Crippen LogP contribution in [0.4, 0.5) is 0 Å². The van der Waals surface area contributed by atoms with Crippen LogP contribution in [0.5, 0.6) is 11.5 Å². The molecule has 0 amide bonds. The van der Waals surface area contributed by atoms with Crippen molar-refractivity contribution < 1.29 is 23.7 Å². The van der Waals surface area contributed by atoms with E-state index in [2.05, 4.69) is 0 Å². The Bertz CT molecular complexity index is 1590. The average molecular weight is 588 g/mol. The molecule has 0 aliphatic carbocycles. The van der Waals surface area contributed by atoms with E-state index in [-0.39, 0.29) is 20.6 Å². The van der Waals surface area contributed by atoms with Gasteiger partial charge in [-0.2, -0.15) is 5.10 Å². The maximum absolute atomic E-state index is 13.4. The number of fused-ring (bicyclic) bond motifs is 1. The topological polar surface area (TPSA) is 71.8 Å². The normalized spacial score (nSPS) is 19.1. The molecule has 0 spiro atoms. The first-order valence-corrected chi connectivity index (χ1v) is 12.9. The van der Waals surface area contributed by atoms with Gasteiger partial charge >= 0.3 is 5.97 Å². The standard InChI is InChI=1S/C28H21Cl3N2O5.CH4/c1-27(2)37-26(34)28(38-27,17-4-3-5-18(29)11-17)14-20-13-22(16-6-9-24-25(10-16)36-15-35-24)33(32-20)23-12-19(30)7-8-21(23)31;/h3-13H,14-15H2,1-2H3;1H4. The number of carbonyl (C=O) groups excluding carboxylic acids is 1. The van der Waals surface area contributed by atoms with Crippen molar-refractivity contribution in [3.8, 4) is 28.4 Å². The average Bonchev–Trinajstić information content (AvgIpc) is 3.56. The molecule has 1 saturated heterocycles. The smallest absolute Gasteiger partial charge is 0.346 e. The minimum atomic E-state index is -1.46. The van der Waals surface area contributed by atoms with E-state index in [1.165, 1.54) is 0 Å². The van der Waals surface area contributed by atoms with Gasteiger partial charge in [-0.3, -0.25) is 0 Å². The van der Waals surface area contributed by atoms with Crippen molar-refractivity contribution in [2.75, 3.05) is 6.79 Å². The molecule has 2 aliphatic rings. The van der Waals surface area contributed by atoms with Crippen LogP contribution in [0.1, 0.15) is 32.5 Å². The highest BCUT2D eigenvalue weighted by Gasteiger charge is 2.55. The van der Waals surface area contributed by atoms with Gasteiger partial charge in [0.05, 0.1) is 22.1 Å². The largest absolute Gasteiger partial charge is 0.454 e. The van der Waals surface area contributed by atoms with Crippen LogP contribution >= 0.6 is 34.8 Å². The quantitative estimate of drug-likeness (QED) is 0.224. The zero-order valence-corrected chi connectivity index (χ0v) is 22.6. The van der Waals surface area contributed by atoms with Gasteiger partial charge in [0.15, 0.2) is 17.1 Å². The number of nitrogens with zero attached hydrogens (tertiary/aromatic N) is 2. The van der Waals surface area contributed by atoms with Crippen molar-refractivity contribution >= 4 is 40.8 Å². The van der Waals surface area contributed by atoms with E-state index in [0.717, 1.165) is 5.56 Å². The summed E-state index contributed by atoms with van der Waals surface area (Å²) in [6.07, 6.45) is 0.0817. The molecule has 1 fully saturated rings. The van der Waals surface area contributed by atoms with E-state index in [4.69, 9.17) is 58.8 Å². The molecule has 1 atom stereocenters. The number of hydrogen-bond acceptors (Lipinski definition) is 6. The molecule has 1 unspecified atom stereocenters. The molecule has 1 aromatic heterocycles. The Labute approximate surface area is 241 Å². The highest BCUT2D eigenvalue weighted by atomic mass is 35.5. The molecular formula is C29H25Cl3N2O5. The van der Waals surface area contributed by atoms with Crippen LogP contribution in [0.3, 0.4) is 0 Å². The molecule has 10 heteroatoms. The number of carbonyl (C=O) groups is 1. The van der Waals surface area contributed by atoms with Gasteiger partial charge in [-0.05, 0) is 60.2 Å². The number of ether oxygens (including phenoxy) is 4. The van der Waals surface area contributed by atoms with Crippen LogP contribution in [0.15, 0.2) is 66.7 Å². The highest BCUT2D eigenvalue weighted by molar-refractivity contribution is 6.34. The van der Waals surface area contributed by atoms with Crippen molar-refractivity contribution in [3.05, 3.63) is 93.1 Å². The van der Waals surface area contributed by atoms with Crippen LogP contribution in [-0.4, -0.2) is 28.3 Å². The Hall–Kier alpha value is -3.23. The number of benzene rings is 3. The summed E-state index contributed by atoms with van der Waals surface area (Å²) in [4.78, 5) is 13.4. The highest BCUT2D eigenvalue weighted by Crippen LogP contribution is 2.44. The third-order valence-corrected chi connectivity index (χ3v) is 7.16. The molecule has 4 aromatic rings. The first-order valence-electron chi connectivity index (χ1n) is 11.8. The maximum Gasteiger partial charge on any atom is 0.346 e. The second-order valence-electron chi connectivity index (χ2n) is 9.50. The van der Waals surface area contributed by atoms with Crippen LogP contribution in [0.2, 0.25) is 15.1 Å². The van der Waals surface area contributed by atoms with Crippen LogP contribution in [0, 0.1) is 0 Å². The minimum Gasteiger partial charge on any atom is -0.454 e. The molecule has 0 saturated carbocycles. The summed E-state index contributed by atoms with van der Waals surface area (Å²) >= 11 is 19.2. The fourth-order valence-electron chi connectivity index (χ4n) is 4.78. The summed E-state index contributed by atoms with van der Waals surface area (Å²) in [7, 11) is 0. The number of esters is 1. The summed E-state index contributed by atoms with van der Waals surface area (Å²) in [5.74, 6) is -0.387. The molecule has 7 nitrogen and oxygen atoms in total. The summed E-state index contributed by atoms with van der Waals surface area (Å²) < 4.78 is 24.7. The SMILES string of the molecule is C.CC1(C)OC(=O)C(Cc2cc(-c3ccc4c(c3)OCO4)n(-c3cc(Cl)ccc3Cl)n2)(c2cccc(Cl)c2)O1. The third-order valence-electron chi connectivity index (χ3n) is 6.37. The van der Waals surface area contributed by atoms with Gasteiger partial charge in [-0.25, -0.2) is 9.48 Å². The molecule has 0 radical (unpaired) electrons. The van der Waals surface area contributed by atoms with Gasteiger partial charge in [-0.15, -0.1) is 0 Å². The van der Waals surface area contributed by atoms with Crippen LogP contribution in [0.25, 0.3) is 16.9 Å². The maximum atomic E-state index is 13.4.